The maximum absolute atomic E-state index is 9.51. The number of thiazole rings is 1. The Hall–Kier alpha value is -1.65. The number of aromatic nitrogens is 1. The van der Waals surface area contributed by atoms with Crippen molar-refractivity contribution in [2.24, 2.45) is 0 Å². The van der Waals surface area contributed by atoms with E-state index in [0.29, 0.717) is 0 Å². The number of rotatable bonds is 2. The Bertz CT molecular complexity index is 723. The smallest absolute Gasteiger partial charge is 0.124 e. The van der Waals surface area contributed by atoms with E-state index < -0.39 is 0 Å². The van der Waals surface area contributed by atoms with E-state index in [2.05, 4.69) is 20.9 Å². The van der Waals surface area contributed by atoms with Crippen LogP contribution in [0, 0.1) is 0 Å². The van der Waals surface area contributed by atoms with Gasteiger partial charge in [0.05, 0.1) is 5.69 Å². The van der Waals surface area contributed by atoms with Gasteiger partial charge >= 0.3 is 0 Å². The summed E-state index contributed by atoms with van der Waals surface area (Å²) in [6.45, 7) is 0. The van der Waals surface area contributed by atoms with E-state index in [0.717, 1.165) is 26.3 Å². The Labute approximate surface area is 123 Å². The molecule has 94 valence electrons. The lowest BCUT2D eigenvalue weighted by molar-refractivity contribution is 0.475. The molecule has 0 saturated carbocycles. The Kier molecular flexibility index (Phi) is 3.36. The molecule has 2 aromatic carbocycles. The summed E-state index contributed by atoms with van der Waals surface area (Å²) in [5.41, 5.74) is 2.95. The summed E-state index contributed by atoms with van der Waals surface area (Å²) in [6.07, 6.45) is 0. The third-order valence-corrected chi connectivity index (χ3v) is 4.33. The van der Waals surface area contributed by atoms with Gasteiger partial charge in [0.15, 0.2) is 0 Å². The van der Waals surface area contributed by atoms with E-state index in [-0.39, 0.29) is 5.75 Å². The van der Waals surface area contributed by atoms with Gasteiger partial charge in [-0.25, -0.2) is 4.98 Å². The third kappa shape index (κ3) is 2.55. The van der Waals surface area contributed by atoms with Crippen molar-refractivity contribution in [3.63, 3.8) is 0 Å². The summed E-state index contributed by atoms with van der Waals surface area (Å²) < 4.78 is 1.03. The Morgan fingerprint density at radius 1 is 1.05 bits per heavy atom. The molecule has 3 aromatic rings. The van der Waals surface area contributed by atoms with Crippen molar-refractivity contribution in [3.8, 4) is 27.6 Å². The first kappa shape index (κ1) is 12.4. The summed E-state index contributed by atoms with van der Waals surface area (Å²) in [6, 6.07) is 15.2. The van der Waals surface area contributed by atoms with Gasteiger partial charge in [-0.05, 0) is 18.2 Å². The van der Waals surface area contributed by atoms with Crippen molar-refractivity contribution in [2.75, 3.05) is 0 Å². The first-order valence-corrected chi connectivity index (χ1v) is 7.41. The maximum atomic E-state index is 9.51. The van der Waals surface area contributed by atoms with Crippen molar-refractivity contribution in [1.29, 1.82) is 0 Å². The first-order chi connectivity index (χ1) is 9.24. The van der Waals surface area contributed by atoms with Crippen LogP contribution in [0.4, 0.5) is 0 Å². The van der Waals surface area contributed by atoms with E-state index in [4.69, 9.17) is 0 Å². The molecule has 0 saturated heterocycles. The van der Waals surface area contributed by atoms with Gasteiger partial charge < -0.3 is 5.11 Å². The van der Waals surface area contributed by atoms with Gasteiger partial charge in [0.25, 0.3) is 0 Å². The average Bonchev–Trinajstić information content (AvgIpc) is 2.89. The standard InChI is InChI=1S/C15H10BrNOS/c16-13-7-2-1-6-12(13)14-9-19-15(17-14)10-4-3-5-11(18)8-10/h1-9,18H. The normalized spacial score (nSPS) is 10.6. The molecule has 0 aliphatic rings. The largest absolute Gasteiger partial charge is 0.508 e. The van der Waals surface area contributed by atoms with Crippen LogP contribution in [0.25, 0.3) is 21.8 Å². The van der Waals surface area contributed by atoms with E-state index in [1.54, 1.807) is 23.5 Å². The summed E-state index contributed by atoms with van der Waals surface area (Å²) in [7, 11) is 0. The second-order valence-corrected chi connectivity index (χ2v) is 5.78. The number of hydrogen-bond donors (Lipinski definition) is 1. The van der Waals surface area contributed by atoms with Gasteiger partial charge in [0.1, 0.15) is 10.8 Å². The van der Waals surface area contributed by atoms with Crippen molar-refractivity contribution in [2.45, 2.75) is 0 Å². The zero-order chi connectivity index (χ0) is 13.2. The van der Waals surface area contributed by atoms with Gasteiger partial charge in [0.2, 0.25) is 0 Å². The summed E-state index contributed by atoms with van der Waals surface area (Å²) in [5.74, 6) is 0.259. The van der Waals surface area contributed by atoms with Crippen LogP contribution in [0.15, 0.2) is 58.4 Å². The molecule has 0 aliphatic heterocycles. The minimum atomic E-state index is 0.259. The van der Waals surface area contributed by atoms with Crippen molar-refractivity contribution < 1.29 is 5.11 Å². The van der Waals surface area contributed by atoms with Crippen LogP contribution in [0.1, 0.15) is 0 Å². The third-order valence-electron chi connectivity index (χ3n) is 2.75. The lowest BCUT2D eigenvalue weighted by Gasteiger charge is -2.00. The van der Waals surface area contributed by atoms with Crippen LogP contribution < -0.4 is 0 Å². The number of phenolic OH excluding ortho intramolecular Hbond substituents is 1. The first-order valence-electron chi connectivity index (χ1n) is 5.74. The summed E-state index contributed by atoms with van der Waals surface area (Å²) in [5, 5.41) is 12.4. The van der Waals surface area contributed by atoms with Crippen molar-refractivity contribution >= 4 is 27.3 Å². The highest BCUT2D eigenvalue weighted by Gasteiger charge is 2.09. The molecular formula is C15H10BrNOS. The molecule has 1 heterocycles. The SMILES string of the molecule is Oc1cccc(-c2nc(-c3ccccc3Br)cs2)c1. The van der Waals surface area contributed by atoms with E-state index in [1.807, 2.05) is 41.8 Å². The number of phenols is 1. The van der Waals surface area contributed by atoms with Gasteiger partial charge in [-0.2, -0.15) is 0 Å². The van der Waals surface area contributed by atoms with Crippen molar-refractivity contribution in [1.82, 2.24) is 4.98 Å². The van der Waals surface area contributed by atoms with Crippen LogP contribution in [-0.4, -0.2) is 10.1 Å². The molecule has 3 rings (SSSR count). The minimum Gasteiger partial charge on any atom is -0.508 e. The molecule has 0 aliphatic carbocycles. The molecule has 0 amide bonds. The molecule has 4 heteroatoms. The zero-order valence-corrected chi connectivity index (χ0v) is 12.3. The molecule has 19 heavy (non-hydrogen) atoms. The second kappa shape index (κ2) is 5.15. The van der Waals surface area contributed by atoms with Crippen LogP contribution in [0.5, 0.6) is 5.75 Å². The van der Waals surface area contributed by atoms with Crippen LogP contribution in [0.3, 0.4) is 0 Å². The second-order valence-electron chi connectivity index (χ2n) is 4.07. The van der Waals surface area contributed by atoms with Gasteiger partial charge in [-0.3, -0.25) is 0 Å². The predicted molar refractivity (Wildman–Crippen MR) is 82.4 cm³/mol. The Morgan fingerprint density at radius 3 is 2.68 bits per heavy atom. The monoisotopic (exact) mass is 331 g/mol. The molecule has 0 atom stereocenters. The molecular weight excluding hydrogens is 322 g/mol. The fourth-order valence-corrected chi connectivity index (χ4v) is 3.14. The quantitative estimate of drug-likeness (QED) is 0.721. The molecule has 0 unspecified atom stereocenters. The van der Waals surface area contributed by atoms with E-state index in [9.17, 15) is 5.11 Å². The van der Waals surface area contributed by atoms with Crippen LogP contribution >= 0.6 is 27.3 Å². The fraction of sp³-hybridized carbons (Fsp3) is 0. The highest BCUT2D eigenvalue weighted by Crippen LogP contribution is 2.33. The predicted octanol–water partition coefficient (Wildman–Crippen LogP) is 4.95. The fourth-order valence-electron chi connectivity index (χ4n) is 1.84. The number of hydrogen-bond acceptors (Lipinski definition) is 3. The van der Waals surface area contributed by atoms with Crippen molar-refractivity contribution in [3.05, 3.63) is 58.4 Å². The lowest BCUT2D eigenvalue weighted by Crippen LogP contribution is -1.80. The molecule has 0 bridgehead atoms. The lowest BCUT2D eigenvalue weighted by atomic mass is 10.2. The van der Waals surface area contributed by atoms with E-state index >= 15 is 0 Å². The van der Waals surface area contributed by atoms with Crippen LogP contribution in [0.2, 0.25) is 0 Å². The molecule has 0 radical (unpaired) electrons. The summed E-state index contributed by atoms with van der Waals surface area (Å²) in [4.78, 5) is 4.63. The Balaban J connectivity index is 2.03. The number of halogens is 1. The number of nitrogens with zero attached hydrogens (tertiary/aromatic N) is 1. The molecule has 0 fully saturated rings. The maximum Gasteiger partial charge on any atom is 0.124 e. The Morgan fingerprint density at radius 2 is 1.89 bits per heavy atom. The van der Waals surface area contributed by atoms with E-state index in [1.165, 1.54) is 0 Å². The molecule has 0 spiro atoms. The zero-order valence-electron chi connectivity index (χ0n) is 9.88. The molecule has 2 nitrogen and oxygen atoms in total. The van der Waals surface area contributed by atoms with Crippen LogP contribution in [-0.2, 0) is 0 Å². The highest BCUT2D eigenvalue weighted by atomic mass is 79.9. The van der Waals surface area contributed by atoms with Gasteiger partial charge in [-0.1, -0.05) is 46.3 Å². The molecule has 1 aromatic heterocycles. The van der Waals surface area contributed by atoms with Gasteiger partial charge in [0, 0.05) is 21.0 Å². The topological polar surface area (TPSA) is 33.1 Å². The molecule has 1 N–H and O–H groups in total. The highest BCUT2D eigenvalue weighted by molar-refractivity contribution is 9.10. The van der Waals surface area contributed by atoms with Gasteiger partial charge in [-0.15, -0.1) is 11.3 Å². The minimum absolute atomic E-state index is 0.259. The summed E-state index contributed by atoms with van der Waals surface area (Å²) >= 11 is 5.11. The average molecular weight is 332 g/mol. The number of benzene rings is 2. The number of aromatic hydroxyl groups is 1.